The second kappa shape index (κ2) is 9.39. The van der Waals surface area contributed by atoms with Gasteiger partial charge in [0.1, 0.15) is 33.4 Å². The van der Waals surface area contributed by atoms with Crippen LogP contribution in [0, 0.1) is 11.6 Å². The second-order valence-corrected chi connectivity index (χ2v) is 9.20. The third-order valence-corrected chi connectivity index (χ3v) is 5.17. The van der Waals surface area contributed by atoms with Crippen molar-refractivity contribution in [2.24, 2.45) is 4.40 Å². The highest BCUT2D eigenvalue weighted by atomic mass is 32.2. The molecule has 0 aliphatic heterocycles. The topological polar surface area (TPSA) is 53.9 Å². The van der Waals surface area contributed by atoms with Gasteiger partial charge in [-0.2, -0.15) is 17.6 Å². The van der Waals surface area contributed by atoms with E-state index in [0.717, 1.165) is 18.2 Å². The standard InChI is InChI=1S/C20H19F6NO3S/c1-19(2,3)31(28)27-17(11-5-6-15(22)16(9-11)29-4)12-7-13(21)10-14(8-12)30-20(25,26)18(23)24/h5-10,18H,1-4H3/b27-17+. The molecular weight excluding hydrogens is 448 g/mol. The van der Waals surface area contributed by atoms with Crippen molar-refractivity contribution in [1.29, 1.82) is 0 Å². The zero-order valence-corrected chi connectivity index (χ0v) is 17.7. The van der Waals surface area contributed by atoms with E-state index in [2.05, 4.69) is 9.13 Å². The van der Waals surface area contributed by atoms with Crippen LogP contribution in [0.15, 0.2) is 40.8 Å². The van der Waals surface area contributed by atoms with Gasteiger partial charge in [-0.1, -0.05) is 4.40 Å². The molecule has 2 rings (SSSR count). The molecule has 0 amide bonds. The first-order chi connectivity index (χ1) is 14.2. The summed E-state index contributed by atoms with van der Waals surface area (Å²) in [6, 6.07) is 5.63. The Bertz CT molecular complexity index is 962. The molecule has 0 aliphatic rings. The summed E-state index contributed by atoms with van der Waals surface area (Å²) in [4.78, 5) is 0. The van der Waals surface area contributed by atoms with E-state index in [4.69, 9.17) is 4.74 Å². The second-order valence-electron chi connectivity index (χ2n) is 7.29. The number of benzene rings is 2. The maximum Gasteiger partial charge on any atom is 0.461 e. The molecule has 2 aromatic carbocycles. The highest BCUT2D eigenvalue weighted by Crippen LogP contribution is 2.31. The minimum atomic E-state index is -4.87. The summed E-state index contributed by atoms with van der Waals surface area (Å²) >= 11 is -1.90. The molecule has 0 saturated carbocycles. The number of rotatable bonds is 7. The van der Waals surface area contributed by atoms with Crippen LogP contribution >= 0.6 is 0 Å². The molecule has 1 unspecified atom stereocenters. The summed E-state index contributed by atoms with van der Waals surface area (Å²) in [7, 11) is 1.20. The van der Waals surface area contributed by atoms with Crippen molar-refractivity contribution in [1.82, 2.24) is 0 Å². The van der Waals surface area contributed by atoms with E-state index in [-0.39, 0.29) is 22.6 Å². The molecule has 1 atom stereocenters. The van der Waals surface area contributed by atoms with Gasteiger partial charge >= 0.3 is 12.5 Å². The molecule has 0 aromatic heterocycles. The average Bonchev–Trinajstić information content (AvgIpc) is 2.64. The van der Waals surface area contributed by atoms with Crippen molar-refractivity contribution in [3.63, 3.8) is 0 Å². The molecule has 0 bridgehead atoms. The number of alkyl halides is 4. The van der Waals surface area contributed by atoms with Crippen LogP contribution < -0.4 is 9.47 Å². The fourth-order valence-electron chi connectivity index (χ4n) is 2.26. The third-order valence-electron chi connectivity index (χ3n) is 3.78. The minimum Gasteiger partial charge on any atom is -0.591 e. The predicted molar refractivity (Wildman–Crippen MR) is 104 cm³/mol. The Kier molecular flexibility index (Phi) is 7.53. The fourth-order valence-corrected chi connectivity index (χ4v) is 2.91. The van der Waals surface area contributed by atoms with E-state index in [1.165, 1.54) is 19.2 Å². The van der Waals surface area contributed by atoms with E-state index < -0.39 is 46.0 Å². The summed E-state index contributed by atoms with van der Waals surface area (Å²) in [6.07, 6.45) is -9.02. The van der Waals surface area contributed by atoms with Crippen molar-refractivity contribution in [3.05, 3.63) is 59.2 Å². The van der Waals surface area contributed by atoms with Gasteiger partial charge in [-0.05, 0) is 51.1 Å². The van der Waals surface area contributed by atoms with Crippen LogP contribution in [-0.4, -0.2) is 34.7 Å². The molecule has 11 heteroatoms. The van der Waals surface area contributed by atoms with Gasteiger partial charge < -0.3 is 14.0 Å². The maximum atomic E-state index is 14.1. The molecule has 0 fully saturated rings. The van der Waals surface area contributed by atoms with Crippen LogP contribution in [0.3, 0.4) is 0 Å². The van der Waals surface area contributed by atoms with E-state index >= 15 is 0 Å². The van der Waals surface area contributed by atoms with E-state index in [1.807, 2.05) is 0 Å². The van der Waals surface area contributed by atoms with Gasteiger partial charge in [-0.25, -0.2) is 8.78 Å². The molecule has 0 N–H and O–H groups in total. The number of hydrogen-bond donors (Lipinski definition) is 0. The first-order valence-corrected chi connectivity index (χ1v) is 9.86. The fraction of sp³-hybridized carbons (Fsp3) is 0.350. The van der Waals surface area contributed by atoms with Gasteiger partial charge in [-0.3, -0.25) is 0 Å². The molecule has 0 saturated heterocycles. The molecule has 0 aliphatic carbocycles. The number of ether oxygens (including phenoxy) is 2. The van der Waals surface area contributed by atoms with Crippen LogP contribution in [0.5, 0.6) is 11.5 Å². The van der Waals surface area contributed by atoms with Gasteiger partial charge in [0.15, 0.2) is 11.6 Å². The predicted octanol–water partition coefficient (Wildman–Crippen LogP) is 5.51. The van der Waals surface area contributed by atoms with Crippen LogP contribution in [0.25, 0.3) is 0 Å². The molecular formula is C20H19F6NO3S. The van der Waals surface area contributed by atoms with Gasteiger partial charge in [0.25, 0.3) is 0 Å². The lowest BCUT2D eigenvalue weighted by atomic mass is 10.0. The van der Waals surface area contributed by atoms with Crippen molar-refractivity contribution >= 4 is 17.1 Å². The number of hydrogen-bond acceptors (Lipinski definition) is 4. The summed E-state index contributed by atoms with van der Waals surface area (Å²) in [6.45, 7) is 4.83. The summed E-state index contributed by atoms with van der Waals surface area (Å²) < 4.78 is 104. The smallest absolute Gasteiger partial charge is 0.461 e. The minimum absolute atomic E-state index is 0.119. The van der Waals surface area contributed by atoms with Crippen molar-refractivity contribution in [3.8, 4) is 11.5 Å². The molecule has 2 aromatic rings. The Balaban J connectivity index is 2.66. The van der Waals surface area contributed by atoms with Gasteiger partial charge in [0, 0.05) is 17.2 Å². The highest BCUT2D eigenvalue weighted by molar-refractivity contribution is 7.91. The third kappa shape index (κ3) is 6.30. The maximum absolute atomic E-state index is 14.1. The zero-order valence-electron chi connectivity index (χ0n) is 16.9. The average molecular weight is 467 g/mol. The van der Waals surface area contributed by atoms with Gasteiger partial charge in [-0.15, -0.1) is 0 Å². The molecule has 31 heavy (non-hydrogen) atoms. The molecule has 0 heterocycles. The summed E-state index contributed by atoms with van der Waals surface area (Å²) in [5.41, 5.74) is -0.254. The SMILES string of the molecule is COc1cc(/C(=N\[S+]([O-])C(C)(C)C)c2cc(F)cc(OC(F)(F)C(F)F)c2)ccc1F. The summed E-state index contributed by atoms with van der Waals surface area (Å²) in [5, 5.41) is 0. The van der Waals surface area contributed by atoms with Crippen molar-refractivity contribution in [2.45, 2.75) is 38.1 Å². The number of methoxy groups -OCH3 is 1. The Morgan fingerprint density at radius 2 is 1.68 bits per heavy atom. The summed E-state index contributed by atoms with van der Waals surface area (Å²) in [5.74, 6) is -2.92. The van der Waals surface area contributed by atoms with Crippen LogP contribution in [0.2, 0.25) is 0 Å². The number of halogens is 6. The first kappa shape index (κ1) is 24.9. The Labute approximate surface area is 178 Å². The van der Waals surface area contributed by atoms with Crippen molar-refractivity contribution < 1.29 is 40.4 Å². The highest BCUT2D eigenvalue weighted by Gasteiger charge is 2.44. The lowest BCUT2D eigenvalue weighted by Crippen LogP contribution is -2.33. The molecule has 170 valence electrons. The molecule has 0 spiro atoms. The van der Waals surface area contributed by atoms with Crippen molar-refractivity contribution in [2.75, 3.05) is 7.11 Å². The van der Waals surface area contributed by atoms with E-state index in [9.17, 15) is 30.9 Å². The van der Waals surface area contributed by atoms with E-state index in [0.29, 0.717) is 6.07 Å². The Hall–Kier alpha value is -2.40. The lowest BCUT2D eigenvalue weighted by Gasteiger charge is -2.20. The zero-order chi connectivity index (χ0) is 23.6. The largest absolute Gasteiger partial charge is 0.591 e. The Morgan fingerprint density at radius 1 is 1.03 bits per heavy atom. The van der Waals surface area contributed by atoms with E-state index in [1.54, 1.807) is 20.8 Å². The van der Waals surface area contributed by atoms with Crippen LogP contribution in [-0.2, 0) is 11.4 Å². The van der Waals surface area contributed by atoms with Crippen LogP contribution in [0.4, 0.5) is 26.3 Å². The molecule has 0 radical (unpaired) electrons. The van der Waals surface area contributed by atoms with Gasteiger partial charge in [0.05, 0.1) is 7.11 Å². The Morgan fingerprint density at radius 3 is 2.23 bits per heavy atom. The molecule has 4 nitrogen and oxygen atoms in total. The number of nitrogens with zero attached hydrogens (tertiary/aromatic N) is 1. The normalized spacial score (nSPS) is 14.0. The monoisotopic (exact) mass is 467 g/mol. The first-order valence-electron chi connectivity index (χ1n) is 8.75. The lowest BCUT2D eigenvalue weighted by molar-refractivity contribution is -0.253. The van der Waals surface area contributed by atoms with Crippen LogP contribution in [0.1, 0.15) is 31.9 Å². The quantitative estimate of drug-likeness (QED) is 0.307. The van der Waals surface area contributed by atoms with Gasteiger partial charge in [0.2, 0.25) is 0 Å².